The summed E-state index contributed by atoms with van der Waals surface area (Å²) in [5, 5.41) is 23.9. The van der Waals surface area contributed by atoms with Crippen molar-refractivity contribution in [3.63, 3.8) is 0 Å². The summed E-state index contributed by atoms with van der Waals surface area (Å²) < 4.78 is 39.9. The molecule has 0 aliphatic carbocycles. The standard InChI is InChI=1S/C15H19F3N2O2/c16-10-5-4-9(12(17)13(10)18)14(21)20-7-15(22,8-20)11-3-1-2-6-19-11/h4-5,11,14,19,21-22H,1-3,6-8H2. The van der Waals surface area contributed by atoms with Crippen LogP contribution in [0.1, 0.15) is 31.1 Å². The van der Waals surface area contributed by atoms with Crippen LogP contribution in [0.3, 0.4) is 0 Å². The van der Waals surface area contributed by atoms with Gasteiger partial charge in [0.1, 0.15) is 11.8 Å². The van der Waals surface area contributed by atoms with Crippen molar-refractivity contribution in [3.8, 4) is 0 Å². The fourth-order valence-electron chi connectivity index (χ4n) is 3.30. The number of nitrogens with one attached hydrogen (secondary N) is 1. The maximum absolute atomic E-state index is 13.7. The number of aliphatic hydroxyl groups excluding tert-OH is 1. The van der Waals surface area contributed by atoms with E-state index in [0.29, 0.717) is 0 Å². The summed E-state index contributed by atoms with van der Waals surface area (Å²) in [6.07, 6.45) is 1.54. The van der Waals surface area contributed by atoms with Crippen LogP contribution in [0.15, 0.2) is 12.1 Å². The highest BCUT2D eigenvalue weighted by molar-refractivity contribution is 5.23. The van der Waals surface area contributed by atoms with E-state index in [1.54, 1.807) is 0 Å². The first-order valence-electron chi connectivity index (χ1n) is 7.44. The summed E-state index contributed by atoms with van der Waals surface area (Å²) in [6.45, 7) is 1.15. The third kappa shape index (κ3) is 2.62. The summed E-state index contributed by atoms with van der Waals surface area (Å²) >= 11 is 0. The van der Waals surface area contributed by atoms with Crippen LogP contribution < -0.4 is 5.32 Å². The Morgan fingerprint density at radius 2 is 1.91 bits per heavy atom. The van der Waals surface area contributed by atoms with E-state index in [9.17, 15) is 23.4 Å². The fourth-order valence-corrected chi connectivity index (χ4v) is 3.30. The second-order valence-corrected chi connectivity index (χ2v) is 6.15. The van der Waals surface area contributed by atoms with Gasteiger partial charge in [-0.2, -0.15) is 0 Å². The third-order valence-electron chi connectivity index (χ3n) is 4.60. The number of likely N-dealkylation sites (tertiary alicyclic amines) is 1. The zero-order valence-corrected chi connectivity index (χ0v) is 12.0. The second kappa shape index (κ2) is 5.81. The van der Waals surface area contributed by atoms with Crippen molar-refractivity contribution >= 4 is 0 Å². The van der Waals surface area contributed by atoms with Crippen LogP contribution in [-0.2, 0) is 0 Å². The molecule has 122 valence electrons. The molecule has 4 nitrogen and oxygen atoms in total. The molecule has 3 rings (SSSR count). The highest BCUT2D eigenvalue weighted by atomic mass is 19.2. The summed E-state index contributed by atoms with van der Waals surface area (Å²) in [5.41, 5.74) is -1.30. The molecule has 1 aromatic rings. The SMILES string of the molecule is OC(c1ccc(F)c(F)c1F)N1CC(O)(C2CCCCN2)C1. The molecule has 2 atom stereocenters. The van der Waals surface area contributed by atoms with E-state index < -0.39 is 29.3 Å². The van der Waals surface area contributed by atoms with Crippen molar-refractivity contribution in [2.45, 2.75) is 37.1 Å². The topological polar surface area (TPSA) is 55.7 Å². The van der Waals surface area contributed by atoms with E-state index in [-0.39, 0.29) is 24.7 Å². The molecule has 2 heterocycles. The Hall–Kier alpha value is -1.15. The molecule has 0 saturated carbocycles. The van der Waals surface area contributed by atoms with Gasteiger partial charge in [0, 0.05) is 24.7 Å². The first kappa shape index (κ1) is 15.7. The van der Waals surface area contributed by atoms with Crippen LogP contribution in [0.4, 0.5) is 13.2 Å². The lowest BCUT2D eigenvalue weighted by Crippen LogP contribution is -2.71. The lowest BCUT2D eigenvalue weighted by molar-refractivity contribution is -0.179. The van der Waals surface area contributed by atoms with Crippen LogP contribution in [0.5, 0.6) is 0 Å². The van der Waals surface area contributed by atoms with Gasteiger partial charge in [0.05, 0.1) is 0 Å². The number of hydrogen-bond donors (Lipinski definition) is 3. The van der Waals surface area contributed by atoms with E-state index in [0.717, 1.165) is 37.9 Å². The number of benzene rings is 1. The smallest absolute Gasteiger partial charge is 0.194 e. The van der Waals surface area contributed by atoms with Gasteiger partial charge >= 0.3 is 0 Å². The first-order valence-corrected chi connectivity index (χ1v) is 7.44. The first-order chi connectivity index (χ1) is 10.4. The highest BCUT2D eigenvalue weighted by Crippen LogP contribution is 2.35. The third-order valence-corrected chi connectivity index (χ3v) is 4.60. The molecule has 7 heteroatoms. The highest BCUT2D eigenvalue weighted by Gasteiger charge is 2.49. The summed E-state index contributed by atoms with van der Waals surface area (Å²) in [4.78, 5) is 1.44. The number of halogens is 3. The van der Waals surface area contributed by atoms with Crippen LogP contribution in [0.25, 0.3) is 0 Å². The number of piperidine rings is 1. The molecule has 2 aliphatic rings. The van der Waals surface area contributed by atoms with Gasteiger partial charge in [-0.3, -0.25) is 4.90 Å². The minimum Gasteiger partial charge on any atom is -0.386 e. The Bertz CT molecular complexity index is 558. The number of hydrogen-bond acceptors (Lipinski definition) is 4. The van der Waals surface area contributed by atoms with E-state index in [1.807, 2.05) is 0 Å². The minimum atomic E-state index is -1.60. The summed E-state index contributed by atoms with van der Waals surface area (Å²) in [5.74, 6) is -4.28. The fraction of sp³-hybridized carbons (Fsp3) is 0.600. The largest absolute Gasteiger partial charge is 0.386 e. The molecule has 0 radical (unpaired) electrons. The van der Waals surface area contributed by atoms with Gasteiger partial charge in [0.15, 0.2) is 17.5 Å². The van der Waals surface area contributed by atoms with Gasteiger partial charge < -0.3 is 15.5 Å². The van der Waals surface area contributed by atoms with E-state index >= 15 is 0 Å². The van der Waals surface area contributed by atoms with Gasteiger partial charge in [-0.15, -0.1) is 0 Å². The van der Waals surface area contributed by atoms with E-state index in [4.69, 9.17) is 0 Å². The molecule has 0 spiro atoms. The van der Waals surface area contributed by atoms with E-state index in [2.05, 4.69) is 5.32 Å². The number of rotatable bonds is 3. The molecule has 0 aromatic heterocycles. The van der Waals surface area contributed by atoms with Crippen molar-refractivity contribution in [2.75, 3.05) is 19.6 Å². The monoisotopic (exact) mass is 316 g/mol. The summed E-state index contributed by atoms with van der Waals surface area (Å²) in [7, 11) is 0. The molecule has 2 unspecified atom stereocenters. The van der Waals surface area contributed by atoms with Crippen molar-refractivity contribution in [2.24, 2.45) is 0 Å². The van der Waals surface area contributed by atoms with Gasteiger partial charge in [-0.25, -0.2) is 13.2 Å². The number of aliphatic hydroxyl groups is 2. The molecule has 22 heavy (non-hydrogen) atoms. The summed E-state index contributed by atoms with van der Waals surface area (Å²) in [6, 6.07) is 1.75. The molecule has 3 N–H and O–H groups in total. The second-order valence-electron chi connectivity index (χ2n) is 6.15. The Morgan fingerprint density at radius 3 is 2.55 bits per heavy atom. The van der Waals surface area contributed by atoms with Crippen LogP contribution in [-0.4, -0.2) is 46.4 Å². The molecule has 2 aliphatic heterocycles. The van der Waals surface area contributed by atoms with Crippen molar-refractivity contribution in [3.05, 3.63) is 35.1 Å². The number of β-amino-alcohol motifs (C(OH)–C–C–N with tert-alkyl or cyclic N) is 1. The molecule has 1 aromatic carbocycles. The average molecular weight is 316 g/mol. The van der Waals surface area contributed by atoms with Crippen molar-refractivity contribution in [1.82, 2.24) is 10.2 Å². The molecule has 2 saturated heterocycles. The van der Waals surface area contributed by atoms with Crippen molar-refractivity contribution < 1.29 is 23.4 Å². The van der Waals surface area contributed by atoms with Gasteiger partial charge in [0.25, 0.3) is 0 Å². The lowest BCUT2D eigenvalue weighted by atomic mass is 9.81. The Balaban J connectivity index is 1.68. The Kier molecular flexibility index (Phi) is 4.15. The van der Waals surface area contributed by atoms with Crippen molar-refractivity contribution in [1.29, 1.82) is 0 Å². The molecular formula is C15H19F3N2O2. The molecular weight excluding hydrogens is 297 g/mol. The quantitative estimate of drug-likeness (QED) is 0.736. The number of nitrogens with zero attached hydrogens (tertiary/aromatic N) is 1. The van der Waals surface area contributed by atoms with Crippen LogP contribution in [0, 0.1) is 17.5 Å². The van der Waals surface area contributed by atoms with E-state index in [1.165, 1.54) is 4.90 Å². The van der Waals surface area contributed by atoms with Gasteiger partial charge in [-0.05, 0) is 31.5 Å². The average Bonchev–Trinajstić information content (AvgIpc) is 2.50. The lowest BCUT2D eigenvalue weighted by Gasteiger charge is -2.53. The molecule has 2 fully saturated rings. The molecule has 0 bridgehead atoms. The Morgan fingerprint density at radius 1 is 1.18 bits per heavy atom. The van der Waals surface area contributed by atoms with Gasteiger partial charge in [0.2, 0.25) is 0 Å². The van der Waals surface area contributed by atoms with Gasteiger partial charge in [-0.1, -0.05) is 6.42 Å². The maximum Gasteiger partial charge on any atom is 0.194 e. The zero-order chi connectivity index (χ0) is 15.9. The predicted octanol–water partition coefficient (Wildman–Crippen LogP) is 1.28. The maximum atomic E-state index is 13.7. The molecule has 0 amide bonds. The van der Waals surface area contributed by atoms with Crippen LogP contribution in [0.2, 0.25) is 0 Å². The van der Waals surface area contributed by atoms with Crippen LogP contribution >= 0.6 is 0 Å². The predicted molar refractivity (Wildman–Crippen MR) is 73.4 cm³/mol. The normalized spacial score (nSPS) is 26.5. The zero-order valence-electron chi connectivity index (χ0n) is 12.0. The Labute approximate surface area is 126 Å². The minimum absolute atomic E-state index is 0.0560.